The van der Waals surface area contributed by atoms with E-state index >= 15 is 0 Å². The average molecular weight is 287 g/mol. The minimum atomic E-state index is -0.753. The lowest BCUT2D eigenvalue weighted by Crippen LogP contribution is -2.45. The van der Waals surface area contributed by atoms with Gasteiger partial charge in [0.1, 0.15) is 11.6 Å². The molecule has 0 aromatic heterocycles. The van der Waals surface area contributed by atoms with Crippen molar-refractivity contribution in [2.24, 2.45) is 0 Å². The number of esters is 1. The van der Waals surface area contributed by atoms with Gasteiger partial charge in [0.05, 0.1) is 18.3 Å². The van der Waals surface area contributed by atoms with Crippen molar-refractivity contribution in [3.05, 3.63) is 0 Å². The number of hydrogen-bond donors (Lipinski definition) is 1. The molecule has 1 aliphatic rings. The zero-order chi connectivity index (χ0) is 15.6. The Morgan fingerprint density at radius 2 is 1.90 bits per heavy atom. The first-order valence-corrected chi connectivity index (χ1v) is 6.89. The fraction of sp³-hybridized carbons (Fsp3) is 0.857. The molecule has 1 rings (SSSR count). The molecular formula is C14H25NO5. The van der Waals surface area contributed by atoms with E-state index in [1.165, 1.54) is 0 Å². The van der Waals surface area contributed by atoms with Crippen molar-refractivity contribution < 1.29 is 23.8 Å². The number of amides is 1. The van der Waals surface area contributed by atoms with Crippen LogP contribution in [-0.4, -0.2) is 42.0 Å². The second-order valence-electron chi connectivity index (χ2n) is 6.40. The van der Waals surface area contributed by atoms with E-state index in [1.54, 1.807) is 27.7 Å². The third-order valence-corrected chi connectivity index (χ3v) is 2.88. The quantitative estimate of drug-likeness (QED) is 0.618. The molecule has 0 saturated carbocycles. The van der Waals surface area contributed by atoms with Crippen LogP contribution in [0.1, 0.15) is 48.0 Å². The van der Waals surface area contributed by atoms with Gasteiger partial charge in [-0.25, -0.2) is 9.59 Å². The van der Waals surface area contributed by atoms with E-state index in [1.807, 2.05) is 13.8 Å². The molecule has 0 spiro atoms. The first-order chi connectivity index (χ1) is 9.05. The monoisotopic (exact) mass is 287 g/mol. The second-order valence-corrected chi connectivity index (χ2v) is 6.40. The minimum absolute atomic E-state index is 0.0631. The van der Waals surface area contributed by atoms with Crippen molar-refractivity contribution in [1.29, 1.82) is 0 Å². The summed E-state index contributed by atoms with van der Waals surface area (Å²) in [5.41, 5.74) is -0.862. The molecular weight excluding hydrogens is 262 g/mol. The number of epoxide rings is 1. The van der Waals surface area contributed by atoms with Gasteiger partial charge in [-0.1, -0.05) is 0 Å². The van der Waals surface area contributed by atoms with Crippen LogP contribution in [0.15, 0.2) is 0 Å². The van der Waals surface area contributed by atoms with Gasteiger partial charge in [0, 0.05) is 6.42 Å². The average Bonchev–Trinajstić information content (AvgIpc) is 2.82. The van der Waals surface area contributed by atoms with Gasteiger partial charge < -0.3 is 19.5 Å². The van der Waals surface area contributed by atoms with Crippen molar-refractivity contribution in [2.75, 3.05) is 6.61 Å². The predicted octanol–water partition coefficient (Wildman–Crippen LogP) is 2.01. The Bertz CT molecular complexity index is 372. The maximum absolute atomic E-state index is 11.9. The topological polar surface area (TPSA) is 77.2 Å². The van der Waals surface area contributed by atoms with Crippen LogP contribution < -0.4 is 5.32 Å². The zero-order valence-electron chi connectivity index (χ0n) is 13.1. The Labute approximate surface area is 120 Å². The van der Waals surface area contributed by atoms with E-state index in [0.717, 1.165) is 0 Å². The van der Waals surface area contributed by atoms with Crippen LogP contribution in [0.3, 0.4) is 0 Å². The second kappa shape index (κ2) is 5.99. The third kappa shape index (κ3) is 5.36. The van der Waals surface area contributed by atoms with E-state index < -0.39 is 23.7 Å². The molecule has 1 amide bonds. The third-order valence-electron chi connectivity index (χ3n) is 2.88. The van der Waals surface area contributed by atoms with Crippen molar-refractivity contribution >= 4 is 12.1 Å². The number of alkyl carbamates (subject to hydrolysis) is 1. The molecule has 0 aromatic rings. The molecule has 20 heavy (non-hydrogen) atoms. The molecule has 1 fully saturated rings. The molecule has 0 bridgehead atoms. The largest absolute Gasteiger partial charge is 0.464 e. The Hall–Kier alpha value is -1.30. The van der Waals surface area contributed by atoms with Crippen LogP contribution in [0.4, 0.5) is 4.79 Å². The normalized spacial score (nSPS) is 21.8. The number of carbonyl (C=O) groups excluding carboxylic acids is 2. The number of carbonyl (C=O) groups is 2. The lowest BCUT2D eigenvalue weighted by atomic mass is 10.0. The smallest absolute Gasteiger partial charge is 0.408 e. The first-order valence-electron chi connectivity index (χ1n) is 6.89. The van der Waals surface area contributed by atoms with Crippen LogP contribution in [0, 0.1) is 0 Å². The van der Waals surface area contributed by atoms with Crippen LogP contribution in [0.2, 0.25) is 0 Å². The van der Waals surface area contributed by atoms with E-state index in [0.29, 0.717) is 6.42 Å². The van der Waals surface area contributed by atoms with Gasteiger partial charge in [0.15, 0.2) is 0 Å². The summed E-state index contributed by atoms with van der Waals surface area (Å²) in [6.07, 6.45) is -0.314. The summed E-state index contributed by atoms with van der Waals surface area (Å²) < 4.78 is 15.6. The van der Waals surface area contributed by atoms with Gasteiger partial charge >= 0.3 is 12.1 Å². The lowest BCUT2D eigenvalue weighted by Gasteiger charge is -2.22. The van der Waals surface area contributed by atoms with Crippen LogP contribution in [0.5, 0.6) is 0 Å². The van der Waals surface area contributed by atoms with Gasteiger partial charge in [0.2, 0.25) is 0 Å². The molecule has 2 atom stereocenters. The van der Waals surface area contributed by atoms with Crippen LogP contribution in [0.25, 0.3) is 0 Å². The maximum atomic E-state index is 11.9. The van der Waals surface area contributed by atoms with Crippen molar-refractivity contribution in [3.8, 4) is 0 Å². The van der Waals surface area contributed by atoms with Gasteiger partial charge in [-0.05, 0) is 41.5 Å². The van der Waals surface area contributed by atoms with E-state index in [2.05, 4.69) is 5.32 Å². The molecule has 116 valence electrons. The zero-order valence-corrected chi connectivity index (χ0v) is 13.1. The minimum Gasteiger partial charge on any atom is -0.464 e. The molecule has 0 aromatic carbocycles. The highest BCUT2D eigenvalue weighted by Crippen LogP contribution is 2.38. The Morgan fingerprint density at radius 1 is 1.35 bits per heavy atom. The van der Waals surface area contributed by atoms with Gasteiger partial charge in [0.25, 0.3) is 0 Å². The van der Waals surface area contributed by atoms with Crippen molar-refractivity contribution in [1.82, 2.24) is 5.32 Å². The maximum Gasteiger partial charge on any atom is 0.408 e. The predicted molar refractivity (Wildman–Crippen MR) is 73.4 cm³/mol. The van der Waals surface area contributed by atoms with Crippen LogP contribution >= 0.6 is 0 Å². The molecule has 1 N–H and O–H groups in total. The SMILES string of the molecule is CCOC(=O)C(CC1OC1(C)C)NC(=O)OC(C)(C)C. The number of ether oxygens (including phenoxy) is 3. The van der Waals surface area contributed by atoms with Gasteiger partial charge in [-0.15, -0.1) is 0 Å². The highest BCUT2D eigenvalue weighted by Gasteiger charge is 2.49. The molecule has 1 heterocycles. The molecule has 1 aliphatic heterocycles. The van der Waals surface area contributed by atoms with Crippen molar-refractivity contribution in [3.63, 3.8) is 0 Å². The van der Waals surface area contributed by atoms with Gasteiger partial charge in [-0.3, -0.25) is 0 Å². The summed E-state index contributed by atoms with van der Waals surface area (Å²) in [6.45, 7) is 11.2. The summed E-state index contributed by atoms with van der Waals surface area (Å²) >= 11 is 0. The highest BCUT2D eigenvalue weighted by molar-refractivity contribution is 5.81. The van der Waals surface area contributed by atoms with Crippen molar-refractivity contribution in [2.45, 2.75) is 71.3 Å². The summed E-state index contributed by atoms with van der Waals surface area (Å²) in [6, 6.07) is -0.753. The summed E-state index contributed by atoms with van der Waals surface area (Å²) in [5, 5.41) is 2.55. The molecule has 2 unspecified atom stereocenters. The summed E-state index contributed by atoms with van der Waals surface area (Å²) in [5.74, 6) is -0.468. The summed E-state index contributed by atoms with van der Waals surface area (Å²) in [4.78, 5) is 23.6. The van der Waals surface area contributed by atoms with Gasteiger partial charge in [-0.2, -0.15) is 0 Å². The highest BCUT2D eigenvalue weighted by atomic mass is 16.6. The Kier molecular flexibility index (Phi) is 5.02. The van der Waals surface area contributed by atoms with E-state index in [-0.39, 0.29) is 18.3 Å². The molecule has 0 aliphatic carbocycles. The number of nitrogens with one attached hydrogen (secondary N) is 1. The molecule has 1 saturated heterocycles. The summed E-state index contributed by atoms with van der Waals surface area (Å²) in [7, 11) is 0. The fourth-order valence-electron chi connectivity index (χ4n) is 1.79. The van der Waals surface area contributed by atoms with E-state index in [9.17, 15) is 9.59 Å². The van der Waals surface area contributed by atoms with E-state index in [4.69, 9.17) is 14.2 Å². The lowest BCUT2D eigenvalue weighted by molar-refractivity contribution is -0.146. The first kappa shape index (κ1) is 16.8. The fourth-order valence-corrected chi connectivity index (χ4v) is 1.79. The van der Waals surface area contributed by atoms with Crippen LogP contribution in [-0.2, 0) is 19.0 Å². The number of rotatable bonds is 5. The standard InChI is InChI=1S/C14H25NO5/c1-7-18-11(16)9(8-10-14(5,6)19-10)15-12(17)20-13(2,3)4/h9-10H,7-8H2,1-6H3,(H,15,17). The molecule has 0 radical (unpaired) electrons. The molecule has 6 heteroatoms. The molecule has 6 nitrogen and oxygen atoms in total. The number of hydrogen-bond acceptors (Lipinski definition) is 5. The Balaban J connectivity index is 2.58. The Morgan fingerprint density at radius 3 is 2.30 bits per heavy atom.